The van der Waals surface area contributed by atoms with Crippen molar-refractivity contribution in [1.82, 2.24) is 10.6 Å². The minimum Gasteiger partial charge on any atom is -0.396 e. The molecule has 1 saturated heterocycles. The quantitative estimate of drug-likeness (QED) is 0.494. The van der Waals surface area contributed by atoms with Crippen LogP contribution in [0.2, 0.25) is 0 Å². The Bertz CT molecular complexity index is 96.4. The molecule has 3 N–H and O–H groups in total. The van der Waals surface area contributed by atoms with Crippen LogP contribution in [-0.4, -0.2) is 48.9 Å². The van der Waals surface area contributed by atoms with Gasteiger partial charge in [-0.15, -0.1) is 0 Å². The second kappa shape index (κ2) is 5.83. The Morgan fingerprint density at radius 3 is 3.00 bits per heavy atom. The molecule has 1 aliphatic rings. The molecule has 4 heteroatoms. The van der Waals surface area contributed by atoms with Gasteiger partial charge in [0, 0.05) is 37.2 Å². The first-order valence-electron chi connectivity index (χ1n) is 4.06. The van der Waals surface area contributed by atoms with Crippen LogP contribution in [0, 0.1) is 0 Å². The highest BCUT2D eigenvalue weighted by Crippen LogP contribution is 2.02. The zero-order chi connectivity index (χ0) is 7.94. The van der Waals surface area contributed by atoms with E-state index in [2.05, 4.69) is 10.6 Å². The maximum absolute atomic E-state index is 8.54. The third-order valence-corrected chi connectivity index (χ3v) is 2.79. The minimum atomic E-state index is 0.296. The summed E-state index contributed by atoms with van der Waals surface area (Å²) in [6.07, 6.45) is 0. The predicted octanol–water partition coefficient (Wildman–Crippen LogP) is -0.727. The van der Waals surface area contributed by atoms with E-state index in [0.717, 1.165) is 31.1 Å². The fraction of sp³-hybridized carbons (Fsp3) is 1.00. The third kappa shape index (κ3) is 3.96. The van der Waals surface area contributed by atoms with Crippen molar-refractivity contribution in [3.05, 3.63) is 0 Å². The largest absolute Gasteiger partial charge is 0.396 e. The lowest BCUT2D eigenvalue weighted by Gasteiger charge is -2.23. The lowest BCUT2D eigenvalue weighted by atomic mass is 10.3. The van der Waals surface area contributed by atoms with E-state index in [9.17, 15) is 0 Å². The number of rotatable bonds is 4. The number of aliphatic hydroxyl groups is 1. The van der Waals surface area contributed by atoms with Gasteiger partial charge in [0.25, 0.3) is 0 Å². The van der Waals surface area contributed by atoms with Crippen molar-refractivity contribution in [3.63, 3.8) is 0 Å². The van der Waals surface area contributed by atoms with E-state index < -0.39 is 0 Å². The van der Waals surface area contributed by atoms with Gasteiger partial charge in [-0.3, -0.25) is 0 Å². The summed E-state index contributed by atoms with van der Waals surface area (Å²) in [7, 11) is 0. The van der Waals surface area contributed by atoms with Crippen LogP contribution in [0.3, 0.4) is 0 Å². The van der Waals surface area contributed by atoms with Gasteiger partial charge in [-0.05, 0) is 0 Å². The zero-order valence-electron chi connectivity index (χ0n) is 6.68. The molecular weight excluding hydrogens is 160 g/mol. The van der Waals surface area contributed by atoms with Gasteiger partial charge < -0.3 is 15.7 Å². The Kier molecular flexibility index (Phi) is 4.94. The number of nitrogens with one attached hydrogen (secondary N) is 2. The molecule has 0 radical (unpaired) electrons. The van der Waals surface area contributed by atoms with Crippen LogP contribution in [-0.2, 0) is 0 Å². The summed E-state index contributed by atoms with van der Waals surface area (Å²) in [6.45, 7) is 3.52. The topological polar surface area (TPSA) is 44.3 Å². The van der Waals surface area contributed by atoms with E-state index in [1.54, 1.807) is 0 Å². The molecule has 66 valence electrons. The van der Waals surface area contributed by atoms with Gasteiger partial charge in [0.05, 0.1) is 6.61 Å². The highest BCUT2D eigenvalue weighted by atomic mass is 32.2. The molecule has 0 bridgehead atoms. The summed E-state index contributed by atoms with van der Waals surface area (Å²) in [6, 6.07) is 0.597. The van der Waals surface area contributed by atoms with Crippen LogP contribution in [0.4, 0.5) is 0 Å². The molecule has 0 aliphatic carbocycles. The monoisotopic (exact) mass is 176 g/mol. The summed E-state index contributed by atoms with van der Waals surface area (Å²) in [5.74, 6) is 1.96. The van der Waals surface area contributed by atoms with Gasteiger partial charge in [0.15, 0.2) is 0 Å². The van der Waals surface area contributed by atoms with Gasteiger partial charge in [-0.2, -0.15) is 11.8 Å². The maximum Gasteiger partial charge on any atom is 0.0521 e. The lowest BCUT2D eigenvalue weighted by Crippen LogP contribution is -2.49. The first-order valence-corrected chi connectivity index (χ1v) is 5.21. The summed E-state index contributed by atoms with van der Waals surface area (Å²) in [5, 5.41) is 15.3. The Morgan fingerprint density at radius 1 is 1.45 bits per heavy atom. The molecule has 0 amide bonds. The van der Waals surface area contributed by atoms with E-state index in [4.69, 9.17) is 5.11 Å². The molecule has 0 saturated carbocycles. The maximum atomic E-state index is 8.54. The number of hydrogen-bond donors (Lipinski definition) is 3. The smallest absolute Gasteiger partial charge is 0.0521 e. The van der Waals surface area contributed by atoms with Gasteiger partial charge >= 0.3 is 0 Å². The summed E-state index contributed by atoms with van der Waals surface area (Å²) < 4.78 is 0. The SMILES string of the molecule is OCCSCC1CNCCN1. The standard InChI is InChI=1S/C7H16N2OS/c10-3-4-11-6-7-5-8-1-2-9-7/h7-10H,1-6H2. The van der Waals surface area contributed by atoms with Crippen LogP contribution in [0.1, 0.15) is 0 Å². The third-order valence-electron chi connectivity index (χ3n) is 1.68. The predicted molar refractivity (Wildman–Crippen MR) is 49.1 cm³/mol. The van der Waals surface area contributed by atoms with Crippen LogP contribution in [0.25, 0.3) is 0 Å². The van der Waals surface area contributed by atoms with Gasteiger partial charge in [0.1, 0.15) is 0 Å². The Morgan fingerprint density at radius 2 is 2.36 bits per heavy atom. The van der Waals surface area contributed by atoms with Gasteiger partial charge in [0.2, 0.25) is 0 Å². The summed E-state index contributed by atoms with van der Waals surface area (Å²) in [5.41, 5.74) is 0. The van der Waals surface area contributed by atoms with Crippen LogP contribution < -0.4 is 10.6 Å². The van der Waals surface area contributed by atoms with E-state index >= 15 is 0 Å². The highest BCUT2D eigenvalue weighted by Gasteiger charge is 2.10. The Balaban J connectivity index is 1.96. The number of piperazine rings is 1. The number of aliphatic hydroxyl groups excluding tert-OH is 1. The molecule has 1 unspecified atom stereocenters. The molecule has 11 heavy (non-hydrogen) atoms. The van der Waals surface area contributed by atoms with Crippen LogP contribution in [0.15, 0.2) is 0 Å². The summed E-state index contributed by atoms with van der Waals surface area (Å²) in [4.78, 5) is 0. The van der Waals surface area contributed by atoms with E-state index in [0.29, 0.717) is 12.6 Å². The molecular formula is C7H16N2OS. The molecule has 0 aromatic carbocycles. The second-order valence-electron chi connectivity index (χ2n) is 2.65. The van der Waals surface area contributed by atoms with Gasteiger partial charge in [-0.1, -0.05) is 0 Å². The first-order chi connectivity index (χ1) is 5.43. The van der Waals surface area contributed by atoms with E-state index in [-0.39, 0.29) is 0 Å². The molecule has 1 atom stereocenters. The van der Waals surface area contributed by atoms with Crippen molar-refractivity contribution < 1.29 is 5.11 Å². The molecule has 1 fully saturated rings. The van der Waals surface area contributed by atoms with Crippen molar-refractivity contribution in [2.24, 2.45) is 0 Å². The normalized spacial score (nSPS) is 25.4. The zero-order valence-corrected chi connectivity index (χ0v) is 7.49. The molecule has 1 aliphatic heterocycles. The van der Waals surface area contributed by atoms with Crippen LogP contribution >= 0.6 is 11.8 Å². The fourth-order valence-corrected chi connectivity index (χ4v) is 1.94. The van der Waals surface area contributed by atoms with Crippen molar-refractivity contribution in [2.45, 2.75) is 6.04 Å². The van der Waals surface area contributed by atoms with Crippen molar-refractivity contribution in [3.8, 4) is 0 Å². The number of thioether (sulfide) groups is 1. The van der Waals surface area contributed by atoms with E-state index in [1.165, 1.54) is 0 Å². The highest BCUT2D eigenvalue weighted by molar-refractivity contribution is 7.99. The molecule has 0 spiro atoms. The fourth-order valence-electron chi connectivity index (χ4n) is 1.12. The van der Waals surface area contributed by atoms with Crippen LogP contribution in [0.5, 0.6) is 0 Å². The van der Waals surface area contributed by atoms with Crippen molar-refractivity contribution in [2.75, 3.05) is 37.7 Å². The molecule has 0 aromatic rings. The average molecular weight is 176 g/mol. The average Bonchev–Trinajstić information content (AvgIpc) is 2.07. The molecule has 3 nitrogen and oxygen atoms in total. The number of hydrogen-bond acceptors (Lipinski definition) is 4. The molecule has 0 aromatic heterocycles. The Hall–Kier alpha value is 0.230. The van der Waals surface area contributed by atoms with E-state index in [1.807, 2.05) is 11.8 Å². The summed E-state index contributed by atoms with van der Waals surface area (Å²) >= 11 is 1.81. The first kappa shape index (κ1) is 9.32. The van der Waals surface area contributed by atoms with Crippen molar-refractivity contribution in [1.29, 1.82) is 0 Å². The lowest BCUT2D eigenvalue weighted by molar-refractivity contribution is 0.322. The van der Waals surface area contributed by atoms with Crippen molar-refractivity contribution >= 4 is 11.8 Å². The molecule has 1 rings (SSSR count). The molecule has 1 heterocycles. The minimum absolute atomic E-state index is 0.296. The Labute approximate surface area is 71.9 Å². The second-order valence-corrected chi connectivity index (χ2v) is 3.80. The van der Waals surface area contributed by atoms with Gasteiger partial charge in [-0.25, -0.2) is 0 Å².